The monoisotopic (exact) mass is 451 g/mol. The second kappa shape index (κ2) is 8.96. The summed E-state index contributed by atoms with van der Waals surface area (Å²) in [6.07, 6.45) is 5.30. The van der Waals surface area contributed by atoms with Crippen LogP contribution in [-0.4, -0.2) is 23.5 Å². The quantitative estimate of drug-likeness (QED) is 0.504. The highest BCUT2D eigenvalue weighted by Crippen LogP contribution is 2.41. The Labute approximate surface area is 190 Å². The Bertz CT molecular complexity index is 1170. The van der Waals surface area contributed by atoms with Crippen molar-refractivity contribution in [3.63, 3.8) is 0 Å². The minimum absolute atomic E-state index is 0.160. The first kappa shape index (κ1) is 21.2. The number of carbonyl (C=O) groups is 1. The molecule has 0 saturated carbocycles. The molecule has 5 nitrogen and oxygen atoms in total. The average molecular weight is 452 g/mol. The molecule has 1 unspecified atom stereocenters. The van der Waals surface area contributed by atoms with Gasteiger partial charge in [0, 0.05) is 34.0 Å². The van der Waals surface area contributed by atoms with E-state index in [0.29, 0.717) is 29.6 Å². The molecule has 0 radical (unpaired) electrons. The summed E-state index contributed by atoms with van der Waals surface area (Å²) < 4.78 is 5.99. The SMILES string of the molecule is C=C(C)c1ccc(-c2cc(Cl)c3c(c2)CC(CNC(=O)/C=C/c2ccc(N)nc2)O3)s1. The van der Waals surface area contributed by atoms with Crippen molar-refractivity contribution in [1.82, 2.24) is 10.3 Å². The summed E-state index contributed by atoms with van der Waals surface area (Å²) in [4.78, 5) is 18.4. The third-order valence-corrected chi connectivity index (χ3v) is 6.48. The largest absolute Gasteiger partial charge is 0.486 e. The third-order valence-electron chi connectivity index (χ3n) is 4.90. The van der Waals surface area contributed by atoms with Crippen molar-refractivity contribution in [2.45, 2.75) is 19.4 Å². The first-order valence-electron chi connectivity index (χ1n) is 9.81. The number of anilines is 1. The van der Waals surface area contributed by atoms with Crippen molar-refractivity contribution in [2.75, 3.05) is 12.3 Å². The molecule has 7 heteroatoms. The molecule has 158 valence electrons. The second-order valence-electron chi connectivity index (χ2n) is 7.43. The topological polar surface area (TPSA) is 77.2 Å². The van der Waals surface area contributed by atoms with Gasteiger partial charge in [0.25, 0.3) is 0 Å². The van der Waals surface area contributed by atoms with Crippen LogP contribution in [0.15, 0.2) is 55.3 Å². The maximum atomic E-state index is 12.1. The standard InChI is InChI=1S/C24H22ClN3O2S/c1-14(2)20-5-6-21(31-20)16-9-17-10-18(30-24(17)19(25)11-16)13-28-23(29)8-4-15-3-7-22(26)27-12-15/h3-9,11-12,18H,1,10,13H2,2H3,(H2,26,27)(H,28,29)/b8-4+. The molecule has 1 aliphatic heterocycles. The molecule has 1 aromatic carbocycles. The second-order valence-corrected chi connectivity index (χ2v) is 8.92. The minimum Gasteiger partial charge on any atom is -0.486 e. The van der Waals surface area contributed by atoms with Crippen LogP contribution in [0.5, 0.6) is 5.75 Å². The number of carbonyl (C=O) groups excluding carboxylic acids is 1. The summed E-state index contributed by atoms with van der Waals surface area (Å²) in [5, 5.41) is 3.46. The van der Waals surface area contributed by atoms with Gasteiger partial charge in [0.2, 0.25) is 5.91 Å². The number of hydrogen-bond acceptors (Lipinski definition) is 5. The van der Waals surface area contributed by atoms with Crippen molar-refractivity contribution >= 4 is 46.3 Å². The Balaban J connectivity index is 1.38. The Morgan fingerprint density at radius 1 is 1.39 bits per heavy atom. The number of nitrogens with zero attached hydrogens (tertiary/aromatic N) is 1. The Morgan fingerprint density at radius 2 is 2.23 bits per heavy atom. The summed E-state index contributed by atoms with van der Waals surface area (Å²) in [6.45, 7) is 6.39. The summed E-state index contributed by atoms with van der Waals surface area (Å²) in [6, 6.07) is 11.7. The zero-order valence-corrected chi connectivity index (χ0v) is 18.6. The van der Waals surface area contributed by atoms with Crippen molar-refractivity contribution < 1.29 is 9.53 Å². The average Bonchev–Trinajstić information content (AvgIpc) is 3.39. The number of nitrogens with two attached hydrogens (primary N) is 1. The van der Waals surface area contributed by atoms with E-state index >= 15 is 0 Å². The van der Waals surface area contributed by atoms with Crippen molar-refractivity contribution in [2.24, 2.45) is 0 Å². The summed E-state index contributed by atoms with van der Waals surface area (Å²) >= 11 is 8.19. The van der Waals surface area contributed by atoms with Crippen LogP contribution in [0.25, 0.3) is 22.1 Å². The van der Waals surface area contributed by atoms with Gasteiger partial charge in [-0.15, -0.1) is 11.3 Å². The predicted octanol–water partition coefficient (Wildman–Crippen LogP) is 5.21. The molecule has 0 spiro atoms. The van der Waals surface area contributed by atoms with Gasteiger partial charge in [0.1, 0.15) is 17.7 Å². The highest BCUT2D eigenvalue weighted by Gasteiger charge is 2.26. The molecular formula is C24H22ClN3O2S. The fourth-order valence-corrected chi connectivity index (χ4v) is 4.53. The summed E-state index contributed by atoms with van der Waals surface area (Å²) in [5.41, 5.74) is 9.53. The summed E-state index contributed by atoms with van der Waals surface area (Å²) in [5.74, 6) is 0.940. The molecule has 0 saturated heterocycles. The van der Waals surface area contributed by atoms with Gasteiger partial charge in [0.05, 0.1) is 11.6 Å². The number of hydrogen-bond donors (Lipinski definition) is 2. The number of fused-ring (bicyclic) bond motifs is 1. The van der Waals surface area contributed by atoms with E-state index in [0.717, 1.165) is 32.0 Å². The van der Waals surface area contributed by atoms with Crippen molar-refractivity contribution in [1.29, 1.82) is 0 Å². The number of ether oxygens (including phenoxy) is 1. The molecule has 3 heterocycles. The number of nitrogens with one attached hydrogen (secondary N) is 1. The van der Waals surface area contributed by atoms with E-state index in [1.54, 1.807) is 35.7 Å². The van der Waals surface area contributed by atoms with E-state index in [1.807, 2.05) is 13.0 Å². The fraction of sp³-hybridized carbons (Fsp3) is 0.167. The lowest BCUT2D eigenvalue weighted by Crippen LogP contribution is -2.33. The first-order valence-corrected chi connectivity index (χ1v) is 11.0. The van der Waals surface area contributed by atoms with E-state index in [4.69, 9.17) is 22.1 Å². The van der Waals surface area contributed by atoms with E-state index in [-0.39, 0.29) is 12.0 Å². The maximum Gasteiger partial charge on any atom is 0.244 e. The highest BCUT2D eigenvalue weighted by atomic mass is 35.5. The first-order chi connectivity index (χ1) is 14.9. The zero-order chi connectivity index (χ0) is 22.0. The van der Waals surface area contributed by atoms with Crippen LogP contribution >= 0.6 is 22.9 Å². The van der Waals surface area contributed by atoms with Gasteiger partial charge in [-0.3, -0.25) is 4.79 Å². The molecule has 3 N–H and O–H groups in total. The van der Waals surface area contributed by atoms with Crippen LogP contribution in [0.1, 0.15) is 22.9 Å². The molecule has 0 aliphatic carbocycles. The van der Waals surface area contributed by atoms with E-state index in [9.17, 15) is 4.79 Å². The third kappa shape index (κ3) is 4.98. The Morgan fingerprint density at radius 3 is 2.94 bits per heavy atom. The van der Waals surface area contributed by atoms with Gasteiger partial charge in [-0.2, -0.15) is 0 Å². The molecule has 4 rings (SSSR count). The summed E-state index contributed by atoms with van der Waals surface area (Å²) in [7, 11) is 0. The number of aromatic nitrogens is 1. The molecule has 0 fully saturated rings. The maximum absolute atomic E-state index is 12.1. The van der Waals surface area contributed by atoms with Gasteiger partial charge in [-0.1, -0.05) is 18.2 Å². The van der Waals surface area contributed by atoms with Gasteiger partial charge < -0.3 is 15.8 Å². The molecule has 0 bridgehead atoms. The molecule has 2 aromatic heterocycles. The molecular weight excluding hydrogens is 430 g/mol. The lowest BCUT2D eigenvalue weighted by Gasteiger charge is -2.11. The number of allylic oxidation sites excluding steroid dienone is 1. The number of thiophene rings is 1. The van der Waals surface area contributed by atoms with Crippen LogP contribution < -0.4 is 15.8 Å². The number of pyridine rings is 1. The molecule has 1 aliphatic rings. The zero-order valence-electron chi connectivity index (χ0n) is 17.0. The van der Waals surface area contributed by atoms with E-state index < -0.39 is 0 Å². The van der Waals surface area contributed by atoms with Gasteiger partial charge in [-0.25, -0.2) is 4.98 Å². The number of amides is 1. The molecule has 1 amide bonds. The van der Waals surface area contributed by atoms with Crippen LogP contribution in [0.3, 0.4) is 0 Å². The predicted molar refractivity (Wildman–Crippen MR) is 128 cm³/mol. The van der Waals surface area contributed by atoms with Crippen molar-refractivity contribution in [3.8, 4) is 16.2 Å². The smallest absolute Gasteiger partial charge is 0.244 e. The molecule has 31 heavy (non-hydrogen) atoms. The van der Waals surface area contributed by atoms with E-state index in [2.05, 4.69) is 35.1 Å². The number of benzene rings is 1. The van der Waals surface area contributed by atoms with Crippen molar-refractivity contribution in [3.05, 3.63) is 76.3 Å². The van der Waals surface area contributed by atoms with Gasteiger partial charge >= 0.3 is 0 Å². The lowest BCUT2D eigenvalue weighted by molar-refractivity contribution is -0.116. The van der Waals surface area contributed by atoms with Crippen LogP contribution in [0.2, 0.25) is 5.02 Å². The highest BCUT2D eigenvalue weighted by molar-refractivity contribution is 7.16. The Hall–Kier alpha value is -3.09. The number of nitrogen functional groups attached to an aromatic ring is 1. The fourth-order valence-electron chi connectivity index (χ4n) is 3.33. The number of halogens is 1. The van der Waals surface area contributed by atoms with Gasteiger partial charge in [0.15, 0.2) is 0 Å². The van der Waals surface area contributed by atoms with Crippen LogP contribution in [0, 0.1) is 0 Å². The normalized spacial score (nSPS) is 15.0. The van der Waals surface area contributed by atoms with Crippen LogP contribution in [-0.2, 0) is 11.2 Å². The van der Waals surface area contributed by atoms with Crippen LogP contribution in [0.4, 0.5) is 5.82 Å². The number of rotatable bonds is 6. The van der Waals surface area contributed by atoms with E-state index in [1.165, 1.54) is 6.08 Å². The molecule has 1 atom stereocenters. The minimum atomic E-state index is -0.200. The lowest BCUT2D eigenvalue weighted by atomic mass is 10.1. The Kier molecular flexibility index (Phi) is 6.11. The molecule has 3 aromatic rings. The van der Waals surface area contributed by atoms with Gasteiger partial charge in [-0.05, 0) is 66.1 Å².